The van der Waals surface area contributed by atoms with Crippen molar-refractivity contribution in [1.82, 2.24) is 9.13 Å². The SMILES string of the molecule is Cc1cc(C)c(-n2cc[n+](-c3c(C)cc(C)cc3C)c2)c(C)c1.Cc1cc(C)c(N2C=[N+](c3c(C)cc(C)cc3C)CC2)c(C)c1.c1c[n+](C2CCCCC2)cn1C1CCCCC1. The predicted octanol–water partition coefficient (Wildman–Crippen LogP) is 13.1. The van der Waals surface area contributed by atoms with Gasteiger partial charge in [-0.3, -0.25) is 0 Å². The third kappa shape index (κ3) is 10.8. The average Bonchev–Trinajstić information content (AvgIpc) is 4.01. The molecule has 3 heterocycles. The maximum absolute atomic E-state index is 2.48. The van der Waals surface area contributed by atoms with Gasteiger partial charge in [0, 0.05) is 0 Å². The molecule has 2 aromatic heterocycles. The second-order valence-corrected chi connectivity index (χ2v) is 19.6. The first-order valence-corrected chi connectivity index (χ1v) is 24.0. The van der Waals surface area contributed by atoms with Crippen LogP contribution in [0.2, 0.25) is 0 Å². The van der Waals surface area contributed by atoms with Crippen molar-refractivity contribution in [2.24, 2.45) is 0 Å². The van der Waals surface area contributed by atoms with E-state index in [-0.39, 0.29) is 0 Å². The molecule has 6 heteroatoms. The van der Waals surface area contributed by atoms with Gasteiger partial charge in [-0.05, 0) is 179 Å². The molecule has 0 atom stereocenters. The van der Waals surface area contributed by atoms with Gasteiger partial charge in [-0.1, -0.05) is 83.6 Å². The highest BCUT2D eigenvalue weighted by molar-refractivity contribution is 5.82. The van der Waals surface area contributed by atoms with E-state index in [1.807, 2.05) is 0 Å². The first kappa shape index (κ1) is 45.8. The van der Waals surface area contributed by atoms with Crippen molar-refractivity contribution in [2.75, 3.05) is 18.0 Å². The lowest BCUT2D eigenvalue weighted by Gasteiger charge is -2.20. The summed E-state index contributed by atoms with van der Waals surface area (Å²) in [5, 5.41) is 0. The van der Waals surface area contributed by atoms with Crippen molar-refractivity contribution in [2.45, 2.75) is 159 Å². The molecule has 6 nitrogen and oxygen atoms in total. The van der Waals surface area contributed by atoms with Crippen LogP contribution in [-0.4, -0.2) is 33.1 Å². The predicted molar refractivity (Wildman–Crippen MR) is 264 cm³/mol. The van der Waals surface area contributed by atoms with Crippen LogP contribution in [0.5, 0.6) is 0 Å². The van der Waals surface area contributed by atoms with Crippen molar-refractivity contribution in [3.05, 3.63) is 153 Å². The zero-order valence-corrected chi connectivity index (χ0v) is 41.0. The molecule has 0 amide bonds. The summed E-state index contributed by atoms with van der Waals surface area (Å²) < 4.78 is 11.8. The molecule has 2 aliphatic carbocycles. The number of benzene rings is 4. The van der Waals surface area contributed by atoms with Crippen molar-refractivity contribution in [3.63, 3.8) is 0 Å². The van der Waals surface area contributed by atoms with Crippen LogP contribution in [0, 0.1) is 83.1 Å². The van der Waals surface area contributed by atoms with Gasteiger partial charge < -0.3 is 0 Å². The lowest BCUT2D eigenvalue weighted by molar-refractivity contribution is -0.725. The van der Waals surface area contributed by atoms with Crippen molar-refractivity contribution < 1.29 is 13.7 Å². The Labute approximate surface area is 380 Å². The van der Waals surface area contributed by atoms with Gasteiger partial charge in [0.05, 0.1) is 0 Å². The fraction of sp³-hybridized carbons (Fsp3) is 0.456. The molecule has 0 spiro atoms. The summed E-state index contributed by atoms with van der Waals surface area (Å²) in [6.45, 7) is 28.3. The molecule has 6 aromatic rings. The standard InChI is InChI=1S/C21H27N2.C21H25N2.C15H25N2/c2*1-14-9-16(3)20(17(4)10-14)22-7-8-23(13-22)21-18(5)11-15(2)12-19(21)6;1-3-7-14(8-4-1)16-11-12-17(13-16)15-9-5-2-6-10-15/h9-13H,7-8H2,1-6H3;7-13H,1-6H3;11-15H,1-10H2/q3*+1. The smallest absolute Gasteiger partial charge is 0.234 e. The summed E-state index contributed by atoms with van der Waals surface area (Å²) in [4.78, 5) is 2.41. The van der Waals surface area contributed by atoms with E-state index in [4.69, 9.17) is 0 Å². The van der Waals surface area contributed by atoms with Gasteiger partial charge >= 0.3 is 0 Å². The largest absolute Gasteiger partial charge is 0.254 e. The Bertz CT molecular complexity index is 2370. The lowest BCUT2D eigenvalue weighted by Crippen LogP contribution is -2.38. The Morgan fingerprint density at radius 3 is 1.44 bits per heavy atom. The van der Waals surface area contributed by atoms with E-state index in [0.29, 0.717) is 0 Å². The van der Waals surface area contributed by atoms with Gasteiger partial charge in [0.25, 0.3) is 6.33 Å². The molecule has 0 radical (unpaired) electrons. The van der Waals surface area contributed by atoms with Crippen LogP contribution in [0.4, 0.5) is 11.4 Å². The van der Waals surface area contributed by atoms with Gasteiger partial charge in [0.2, 0.25) is 12.7 Å². The molecule has 0 saturated heterocycles. The molecular formula is C57H77N6+3. The van der Waals surface area contributed by atoms with Gasteiger partial charge in [-0.25, -0.2) is 27.7 Å². The molecule has 3 aliphatic rings. The first-order chi connectivity index (χ1) is 30.2. The van der Waals surface area contributed by atoms with E-state index < -0.39 is 0 Å². The molecule has 4 aromatic carbocycles. The van der Waals surface area contributed by atoms with E-state index in [1.54, 1.807) is 0 Å². The summed E-state index contributed by atoms with van der Waals surface area (Å²) in [5.74, 6) is 0. The van der Waals surface area contributed by atoms with Gasteiger partial charge in [0.1, 0.15) is 72.7 Å². The second kappa shape index (κ2) is 20.1. The summed E-state index contributed by atoms with van der Waals surface area (Å²) in [7, 11) is 0. The maximum Gasteiger partial charge on any atom is 0.254 e. The van der Waals surface area contributed by atoms with Crippen LogP contribution in [0.3, 0.4) is 0 Å². The quantitative estimate of drug-likeness (QED) is 0.153. The number of aromatic nitrogens is 4. The Hall–Kier alpha value is -5.23. The summed E-state index contributed by atoms with van der Waals surface area (Å²) in [6, 6.07) is 19.7. The molecule has 0 N–H and O–H groups in total. The van der Waals surface area contributed by atoms with Crippen LogP contribution in [0.15, 0.2) is 86.0 Å². The van der Waals surface area contributed by atoms with Crippen molar-refractivity contribution in [3.8, 4) is 11.4 Å². The van der Waals surface area contributed by atoms with Crippen LogP contribution in [0.1, 0.15) is 143 Å². The molecule has 63 heavy (non-hydrogen) atoms. The normalized spacial score (nSPS) is 15.7. The number of nitrogens with zero attached hydrogens (tertiary/aromatic N) is 6. The number of aryl methyl sites for hydroxylation is 12. The second-order valence-electron chi connectivity index (χ2n) is 19.6. The Balaban J connectivity index is 0.000000143. The fourth-order valence-electron chi connectivity index (χ4n) is 11.4. The zero-order valence-electron chi connectivity index (χ0n) is 41.0. The molecule has 2 saturated carbocycles. The van der Waals surface area contributed by atoms with Crippen LogP contribution >= 0.6 is 0 Å². The molecule has 0 bridgehead atoms. The molecular weight excluding hydrogens is 769 g/mol. The number of hydrogen-bond acceptors (Lipinski definition) is 1. The molecule has 332 valence electrons. The van der Waals surface area contributed by atoms with E-state index in [9.17, 15) is 0 Å². The average molecular weight is 846 g/mol. The van der Waals surface area contributed by atoms with E-state index in [0.717, 1.165) is 25.2 Å². The minimum absolute atomic E-state index is 0.786. The van der Waals surface area contributed by atoms with E-state index in [1.165, 1.54) is 154 Å². The number of rotatable bonds is 6. The molecule has 0 unspecified atom stereocenters. The van der Waals surface area contributed by atoms with Gasteiger partial charge in [-0.15, -0.1) is 0 Å². The van der Waals surface area contributed by atoms with Gasteiger partial charge in [0.15, 0.2) is 0 Å². The van der Waals surface area contributed by atoms with Crippen molar-refractivity contribution >= 4 is 17.7 Å². The molecule has 1 aliphatic heterocycles. The van der Waals surface area contributed by atoms with Gasteiger partial charge in [-0.2, -0.15) is 0 Å². The third-order valence-corrected chi connectivity index (χ3v) is 13.8. The Morgan fingerprint density at radius 2 is 0.921 bits per heavy atom. The topological polar surface area (TPSA) is 23.9 Å². The third-order valence-electron chi connectivity index (χ3n) is 13.8. The lowest BCUT2D eigenvalue weighted by atomic mass is 9.95. The maximum atomic E-state index is 2.48. The summed E-state index contributed by atoms with van der Waals surface area (Å²) in [6.07, 6.45) is 29.9. The highest BCUT2D eigenvalue weighted by atomic mass is 15.3. The number of anilines is 1. The van der Waals surface area contributed by atoms with Crippen LogP contribution in [0.25, 0.3) is 11.4 Å². The number of hydrogen-bond donors (Lipinski definition) is 0. The van der Waals surface area contributed by atoms with Crippen molar-refractivity contribution in [1.29, 1.82) is 0 Å². The minimum atomic E-state index is 0.786. The van der Waals surface area contributed by atoms with Crippen LogP contribution in [-0.2, 0) is 0 Å². The van der Waals surface area contributed by atoms with E-state index >= 15 is 0 Å². The molecule has 9 rings (SSSR count). The first-order valence-electron chi connectivity index (χ1n) is 24.0. The zero-order chi connectivity index (χ0) is 44.9. The Kier molecular flexibility index (Phi) is 14.6. The molecule has 2 fully saturated rings. The monoisotopic (exact) mass is 846 g/mol. The van der Waals surface area contributed by atoms with Crippen LogP contribution < -0.4 is 14.0 Å². The summed E-state index contributed by atoms with van der Waals surface area (Å²) in [5.41, 5.74) is 21.2. The van der Waals surface area contributed by atoms with E-state index in [2.05, 4.69) is 203 Å². The minimum Gasteiger partial charge on any atom is -0.234 e. The Morgan fingerprint density at radius 1 is 0.460 bits per heavy atom. The fourth-order valence-corrected chi connectivity index (χ4v) is 11.4. The highest BCUT2D eigenvalue weighted by Crippen LogP contribution is 2.31. The highest BCUT2D eigenvalue weighted by Gasteiger charge is 2.28. The number of imidazole rings is 2. The summed E-state index contributed by atoms with van der Waals surface area (Å²) >= 11 is 0.